The molecule has 26 heavy (non-hydrogen) atoms. The Labute approximate surface area is 147 Å². The first kappa shape index (κ1) is 19.4. The van der Waals surface area contributed by atoms with E-state index in [0.29, 0.717) is 5.56 Å². The normalized spacial score (nSPS) is 10.5. The van der Waals surface area contributed by atoms with Gasteiger partial charge in [0.2, 0.25) is 11.8 Å². The molecule has 0 radical (unpaired) electrons. The lowest BCUT2D eigenvalue weighted by Gasteiger charge is -2.22. The first-order chi connectivity index (χ1) is 12.3. The summed E-state index contributed by atoms with van der Waals surface area (Å²) in [5, 5.41) is 2.53. The number of carbonyl (C=O) groups excluding carboxylic acids is 2. The summed E-state index contributed by atoms with van der Waals surface area (Å²) in [7, 11) is 0. The molecule has 0 bridgehead atoms. The van der Waals surface area contributed by atoms with Crippen LogP contribution in [0.15, 0.2) is 36.4 Å². The van der Waals surface area contributed by atoms with E-state index < -0.39 is 34.9 Å². The summed E-state index contributed by atoms with van der Waals surface area (Å²) < 4.78 is 53.0. The van der Waals surface area contributed by atoms with Gasteiger partial charge in [-0.05, 0) is 29.8 Å². The number of carbonyl (C=O) groups is 2. The van der Waals surface area contributed by atoms with Crippen molar-refractivity contribution in [3.63, 3.8) is 0 Å². The zero-order valence-corrected chi connectivity index (χ0v) is 13.9. The summed E-state index contributed by atoms with van der Waals surface area (Å²) in [6.45, 7) is 0.978. The van der Waals surface area contributed by atoms with Crippen LogP contribution in [0.1, 0.15) is 12.5 Å². The largest absolute Gasteiger partial charge is 0.354 e. The molecule has 0 spiro atoms. The maximum absolute atomic E-state index is 13.9. The third-order valence-corrected chi connectivity index (χ3v) is 3.62. The van der Waals surface area contributed by atoms with E-state index in [2.05, 4.69) is 5.32 Å². The van der Waals surface area contributed by atoms with Gasteiger partial charge >= 0.3 is 0 Å². The number of nitrogens with zero attached hydrogens (tertiary/aromatic N) is 1. The van der Waals surface area contributed by atoms with Gasteiger partial charge in [0.1, 0.15) is 5.82 Å². The second-order valence-corrected chi connectivity index (χ2v) is 5.52. The summed E-state index contributed by atoms with van der Waals surface area (Å²) in [6.07, 6.45) is -0.000110. The van der Waals surface area contributed by atoms with E-state index in [9.17, 15) is 27.2 Å². The fourth-order valence-corrected chi connectivity index (χ4v) is 2.33. The van der Waals surface area contributed by atoms with Gasteiger partial charge in [0, 0.05) is 20.0 Å². The highest BCUT2D eigenvalue weighted by molar-refractivity contribution is 5.91. The molecular weight excluding hydrogens is 352 g/mol. The zero-order chi connectivity index (χ0) is 19.3. The molecular formula is C18H16F4N2O2. The van der Waals surface area contributed by atoms with Crippen LogP contribution in [0.25, 0.3) is 0 Å². The fraction of sp³-hybridized carbons (Fsp3) is 0.222. The molecule has 1 N–H and O–H groups in total. The van der Waals surface area contributed by atoms with Crippen LogP contribution < -0.4 is 10.2 Å². The van der Waals surface area contributed by atoms with Gasteiger partial charge in [0.15, 0.2) is 17.5 Å². The standard InChI is InChI=1S/C18H16F4N2O2/c1-11(25)24(15-7-6-14(20)17(21)18(15)22)9-8-23-16(26)10-12-2-4-13(19)5-3-12/h2-7H,8-10H2,1H3,(H,23,26). The molecule has 2 amide bonds. The van der Waals surface area contributed by atoms with E-state index in [4.69, 9.17) is 0 Å². The van der Waals surface area contributed by atoms with Gasteiger partial charge in [0.25, 0.3) is 0 Å². The summed E-state index contributed by atoms with van der Waals surface area (Å²) in [4.78, 5) is 24.4. The number of nitrogens with one attached hydrogen (secondary N) is 1. The van der Waals surface area contributed by atoms with E-state index in [1.54, 1.807) is 0 Å². The Morgan fingerprint density at radius 1 is 0.962 bits per heavy atom. The van der Waals surface area contributed by atoms with Crippen molar-refractivity contribution in [1.82, 2.24) is 5.32 Å². The number of halogens is 4. The summed E-state index contributed by atoms with van der Waals surface area (Å²) in [5.74, 6) is -5.90. The molecule has 2 rings (SSSR count). The molecule has 0 aliphatic heterocycles. The van der Waals surface area contributed by atoms with E-state index in [-0.39, 0.29) is 25.4 Å². The van der Waals surface area contributed by atoms with Crippen molar-refractivity contribution in [3.05, 3.63) is 65.2 Å². The maximum Gasteiger partial charge on any atom is 0.224 e. The Hall–Kier alpha value is -2.90. The highest BCUT2D eigenvalue weighted by Crippen LogP contribution is 2.23. The molecule has 138 valence electrons. The lowest BCUT2D eigenvalue weighted by molar-refractivity contribution is -0.121. The van der Waals surface area contributed by atoms with Crippen molar-refractivity contribution < 1.29 is 27.2 Å². The number of hydrogen-bond acceptors (Lipinski definition) is 2. The first-order valence-corrected chi connectivity index (χ1v) is 7.72. The number of hydrogen-bond donors (Lipinski definition) is 1. The zero-order valence-electron chi connectivity index (χ0n) is 13.9. The van der Waals surface area contributed by atoms with Crippen LogP contribution in [0.4, 0.5) is 23.2 Å². The van der Waals surface area contributed by atoms with Gasteiger partial charge < -0.3 is 10.2 Å². The minimum absolute atomic E-state index is 0.000110. The molecule has 0 heterocycles. The molecule has 0 aliphatic rings. The Bertz CT molecular complexity index is 810. The monoisotopic (exact) mass is 368 g/mol. The second kappa shape index (κ2) is 8.46. The summed E-state index contributed by atoms with van der Waals surface area (Å²) >= 11 is 0. The molecule has 8 heteroatoms. The van der Waals surface area contributed by atoms with Gasteiger partial charge in [0.05, 0.1) is 12.1 Å². The molecule has 2 aromatic carbocycles. The molecule has 0 saturated carbocycles. The van der Waals surface area contributed by atoms with Gasteiger partial charge in [-0.25, -0.2) is 17.6 Å². The van der Waals surface area contributed by atoms with E-state index >= 15 is 0 Å². The SMILES string of the molecule is CC(=O)N(CCNC(=O)Cc1ccc(F)cc1)c1ccc(F)c(F)c1F. The van der Waals surface area contributed by atoms with Crippen LogP contribution in [0.2, 0.25) is 0 Å². The topological polar surface area (TPSA) is 49.4 Å². The highest BCUT2D eigenvalue weighted by atomic mass is 19.2. The van der Waals surface area contributed by atoms with Crippen LogP contribution in [0.5, 0.6) is 0 Å². The maximum atomic E-state index is 13.9. The van der Waals surface area contributed by atoms with Gasteiger partial charge in [-0.3, -0.25) is 9.59 Å². The Kier molecular flexibility index (Phi) is 6.32. The number of benzene rings is 2. The minimum Gasteiger partial charge on any atom is -0.354 e. The first-order valence-electron chi connectivity index (χ1n) is 7.72. The van der Waals surface area contributed by atoms with Crippen LogP contribution in [0.3, 0.4) is 0 Å². The molecule has 0 aliphatic carbocycles. The molecule has 4 nitrogen and oxygen atoms in total. The third kappa shape index (κ3) is 4.81. The summed E-state index contributed by atoms with van der Waals surface area (Å²) in [6, 6.07) is 7.06. The van der Waals surface area contributed by atoms with Crippen molar-refractivity contribution in [2.45, 2.75) is 13.3 Å². The molecule has 2 aromatic rings. The minimum atomic E-state index is -1.67. The fourth-order valence-electron chi connectivity index (χ4n) is 2.33. The van der Waals surface area contributed by atoms with Crippen molar-refractivity contribution in [2.24, 2.45) is 0 Å². The van der Waals surface area contributed by atoms with Crippen LogP contribution >= 0.6 is 0 Å². The van der Waals surface area contributed by atoms with Crippen molar-refractivity contribution in [3.8, 4) is 0 Å². The predicted octanol–water partition coefficient (Wildman–Crippen LogP) is 2.95. The molecule has 0 atom stereocenters. The third-order valence-electron chi connectivity index (χ3n) is 3.62. The number of anilines is 1. The molecule has 0 unspecified atom stereocenters. The van der Waals surface area contributed by atoms with Crippen LogP contribution in [-0.2, 0) is 16.0 Å². The quantitative estimate of drug-likeness (QED) is 0.630. The lowest BCUT2D eigenvalue weighted by atomic mass is 10.1. The van der Waals surface area contributed by atoms with Gasteiger partial charge in [-0.1, -0.05) is 12.1 Å². The molecule has 0 aromatic heterocycles. The molecule has 0 saturated heterocycles. The van der Waals surface area contributed by atoms with E-state index in [1.165, 1.54) is 24.3 Å². The average Bonchev–Trinajstić information content (AvgIpc) is 2.59. The van der Waals surface area contributed by atoms with Crippen LogP contribution in [0, 0.1) is 23.3 Å². The average molecular weight is 368 g/mol. The van der Waals surface area contributed by atoms with Crippen molar-refractivity contribution in [1.29, 1.82) is 0 Å². The Balaban J connectivity index is 1.97. The van der Waals surface area contributed by atoms with Crippen LogP contribution in [-0.4, -0.2) is 24.9 Å². The number of rotatable bonds is 6. The van der Waals surface area contributed by atoms with Gasteiger partial charge in [-0.2, -0.15) is 0 Å². The van der Waals surface area contributed by atoms with E-state index in [0.717, 1.165) is 24.0 Å². The van der Waals surface area contributed by atoms with Crippen molar-refractivity contribution in [2.75, 3.05) is 18.0 Å². The predicted molar refractivity (Wildman–Crippen MR) is 87.5 cm³/mol. The Morgan fingerprint density at radius 2 is 1.62 bits per heavy atom. The summed E-state index contributed by atoms with van der Waals surface area (Å²) in [5.41, 5.74) is 0.183. The Morgan fingerprint density at radius 3 is 2.23 bits per heavy atom. The number of amides is 2. The smallest absolute Gasteiger partial charge is 0.224 e. The highest BCUT2D eigenvalue weighted by Gasteiger charge is 2.21. The lowest BCUT2D eigenvalue weighted by Crippen LogP contribution is -2.38. The van der Waals surface area contributed by atoms with Crippen molar-refractivity contribution >= 4 is 17.5 Å². The van der Waals surface area contributed by atoms with Gasteiger partial charge in [-0.15, -0.1) is 0 Å². The second-order valence-electron chi connectivity index (χ2n) is 5.52. The van der Waals surface area contributed by atoms with E-state index in [1.807, 2.05) is 0 Å². The molecule has 0 fully saturated rings.